The minimum Gasteiger partial charge on any atom is -0.340 e. The molecule has 0 unspecified atom stereocenters. The molecule has 3 aromatic rings. The van der Waals surface area contributed by atoms with Crippen molar-refractivity contribution in [2.24, 2.45) is 0 Å². The zero-order valence-electron chi connectivity index (χ0n) is 12.5. The van der Waals surface area contributed by atoms with Crippen LogP contribution in [0.15, 0.2) is 53.3 Å². The number of fused-ring (bicyclic) bond motifs is 2. The summed E-state index contributed by atoms with van der Waals surface area (Å²) in [5, 5.41) is 1.61. The van der Waals surface area contributed by atoms with Gasteiger partial charge in [0.1, 0.15) is 0 Å². The van der Waals surface area contributed by atoms with Crippen molar-refractivity contribution in [3.8, 4) is 0 Å². The van der Waals surface area contributed by atoms with Gasteiger partial charge in [0.2, 0.25) is 0 Å². The minimum atomic E-state index is 0.130. The molecular formula is C18H20N2O. The number of benzene rings is 2. The second-order valence-corrected chi connectivity index (χ2v) is 5.67. The normalized spacial score (nSPS) is 11.6. The fourth-order valence-electron chi connectivity index (χ4n) is 2.86. The van der Waals surface area contributed by atoms with E-state index < -0.39 is 0 Å². The average Bonchev–Trinajstić information content (AvgIpc) is 2.50. The van der Waals surface area contributed by atoms with Crippen LogP contribution in [0.25, 0.3) is 21.8 Å². The molecule has 0 saturated heterocycles. The molecule has 3 nitrogen and oxygen atoms in total. The van der Waals surface area contributed by atoms with E-state index in [0.717, 1.165) is 41.3 Å². The number of aromatic nitrogens is 1. The Bertz CT molecular complexity index is 773. The van der Waals surface area contributed by atoms with Crippen LogP contribution in [0.2, 0.25) is 0 Å². The smallest absolute Gasteiger partial charge is 0.197 e. The predicted octanol–water partition coefficient (Wildman–Crippen LogP) is 3.11. The lowest BCUT2D eigenvalue weighted by molar-refractivity contribution is 0.389. The number of pyridine rings is 1. The van der Waals surface area contributed by atoms with Crippen LogP contribution < -0.4 is 5.43 Å². The Kier molecular flexibility index (Phi) is 3.76. The van der Waals surface area contributed by atoms with E-state index in [2.05, 4.69) is 23.6 Å². The summed E-state index contributed by atoms with van der Waals surface area (Å²) < 4.78 is 2.27. The summed E-state index contributed by atoms with van der Waals surface area (Å²) in [7, 11) is 4.17. The van der Waals surface area contributed by atoms with Gasteiger partial charge in [-0.15, -0.1) is 0 Å². The first kappa shape index (κ1) is 13.8. The molecule has 0 aliphatic rings. The van der Waals surface area contributed by atoms with Crippen molar-refractivity contribution in [3.05, 3.63) is 58.8 Å². The highest BCUT2D eigenvalue weighted by atomic mass is 16.1. The molecule has 0 aliphatic carbocycles. The highest BCUT2D eigenvalue weighted by molar-refractivity contribution is 5.93. The minimum absolute atomic E-state index is 0.130. The molecule has 0 amide bonds. The summed E-state index contributed by atoms with van der Waals surface area (Å²) in [6.07, 6.45) is 1.06. The SMILES string of the molecule is CN(C)CCCn1c2ccccc2c(=O)c2ccccc21. The molecule has 21 heavy (non-hydrogen) atoms. The monoisotopic (exact) mass is 280 g/mol. The third kappa shape index (κ3) is 2.57. The third-order valence-electron chi connectivity index (χ3n) is 3.87. The zero-order valence-corrected chi connectivity index (χ0v) is 12.5. The lowest BCUT2D eigenvalue weighted by Crippen LogP contribution is -2.17. The van der Waals surface area contributed by atoms with Crippen LogP contribution in [0, 0.1) is 0 Å². The lowest BCUT2D eigenvalue weighted by Gasteiger charge is -2.16. The van der Waals surface area contributed by atoms with E-state index in [4.69, 9.17) is 0 Å². The molecule has 2 aromatic carbocycles. The van der Waals surface area contributed by atoms with Crippen molar-refractivity contribution in [1.82, 2.24) is 9.47 Å². The number of para-hydroxylation sites is 2. The van der Waals surface area contributed by atoms with E-state index in [9.17, 15) is 4.79 Å². The van der Waals surface area contributed by atoms with Gasteiger partial charge in [-0.3, -0.25) is 4.79 Å². The fourth-order valence-corrected chi connectivity index (χ4v) is 2.86. The van der Waals surface area contributed by atoms with Crippen LogP contribution in [-0.4, -0.2) is 30.1 Å². The molecule has 0 spiro atoms. The summed E-state index contributed by atoms with van der Waals surface area (Å²) in [5.41, 5.74) is 2.19. The molecule has 3 heteroatoms. The number of aryl methyl sites for hydroxylation is 1. The Hall–Kier alpha value is -2.13. The Morgan fingerprint density at radius 2 is 1.43 bits per heavy atom. The van der Waals surface area contributed by atoms with Crippen molar-refractivity contribution in [2.45, 2.75) is 13.0 Å². The summed E-state index contributed by atoms with van der Waals surface area (Å²) in [6, 6.07) is 15.8. The lowest BCUT2D eigenvalue weighted by atomic mass is 10.1. The predicted molar refractivity (Wildman–Crippen MR) is 88.9 cm³/mol. The van der Waals surface area contributed by atoms with Crippen molar-refractivity contribution in [1.29, 1.82) is 0 Å². The summed E-state index contributed by atoms with van der Waals surface area (Å²) in [5.74, 6) is 0. The Morgan fingerprint density at radius 3 is 1.95 bits per heavy atom. The second-order valence-electron chi connectivity index (χ2n) is 5.67. The van der Waals surface area contributed by atoms with E-state index in [1.54, 1.807) is 0 Å². The molecule has 108 valence electrons. The number of hydrogen-bond donors (Lipinski definition) is 0. The van der Waals surface area contributed by atoms with Crippen molar-refractivity contribution < 1.29 is 0 Å². The number of nitrogens with zero attached hydrogens (tertiary/aromatic N) is 2. The number of rotatable bonds is 4. The summed E-state index contributed by atoms with van der Waals surface area (Å²) >= 11 is 0. The number of hydrogen-bond acceptors (Lipinski definition) is 2. The van der Waals surface area contributed by atoms with E-state index in [0.29, 0.717) is 0 Å². The molecule has 0 aliphatic heterocycles. The van der Waals surface area contributed by atoms with Crippen LogP contribution in [0.5, 0.6) is 0 Å². The molecule has 0 N–H and O–H groups in total. The Balaban J connectivity index is 2.22. The first-order valence-electron chi connectivity index (χ1n) is 7.33. The van der Waals surface area contributed by atoms with Gasteiger partial charge in [0, 0.05) is 17.3 Å². The van der Waals surface area contributed by atoms with Gasteiger partial charge in [-0.25, -0.2) is 0 Å². The quantitative estimate of drug-likeness (QED) is 0.686. The largest absolute Gasteiger partial charge is 0.340 e. The summed E-state index contributed by atoms with van der Waals surface area (Å²) in [6.45, 7) is 1.95. The average molecular weight is 280 g/mol. The van der Waals surface area contributed by atoms with Crippen LogP contribution >= 0.6 is 0 Å². The topological polar surface area (TPSA) is 25.2 Å². The molecular weight excluding hydrogens is 260 g/mol. The van der Waals surface area contributed by atoms with Crippen molar-refractivity contribution in [3.63, 3.8) is 0 Å². The zero-order chi connectivity index (χ0) is 14.8. The highest BCUT2D eigenvalue weighted by Crippen LogP contribution is 2.19. The van der Waals surface area contributed by atoms with E-state index >= 15 is 0 Å². The highest BCUT2D eigenvalue weighted by Gasteiger charge is 2.09. The van der Waals surface area contributed by atoms with Crippen LogP contribution in [-0.2, 0) is 6.54 Å². The molecule has 0 atom stereocenters. The van der Waals surface area contributed by atoms with Crippen LogP contribution in [0.1, 0.15) is 6.42 Å². The van der Waals surface area contributed by atoms with Gasteiger partial charge in [-0.1, -0.05) is 24.3 Å². The van der Waals surface area contributed by atoms with Gasteiger partial charge in [0.15, 0.2) is 5.43 Å². The maximum atomic E-state index is 12.6. The van der Waals surface area contributed by atoms with Gasteiger partial charge in [0.25, 0.3) is 0 Å². The first-order chi connectivity index (χ1) is 10.2. The molecule has 3 rings (SSSR count). The third-order valence-corrected chi connectivity index (χ3v) is 3.87. The molecule has 1 aromatic heterocycles. The van der Waals surface area contributed by atoms with Crippen molar-refractivity contribution >= 4 is 21.8 Å². The van der Waals surface area contributed by atoms with E-state index in [-0.39, 0.29) is 5.43 Å². The Morgan fingerprint density at radius 1 is 0.905 bits per heavy atom. The van der Waals surface area contributed by atoms with Crippen molar-refractivity contribution in [2.75, 3.05) is 20.6 Å². The second kappa shape index (κ2) is 5.70. The first-order valence-corrected chi connectivity index (χ1v) is 7.33. The van der Waals surface area contributed by atoms with Gasteiger partial charge >= 0.3 is 0 Å². The van der Waals surface area contributed by atoms with Crippen LogP contribution in [0.4, 0.5) is 0 Å². The molecule has 0 saturated carbocycles. The standard InChI is InChI=1S/C18H20N2O/c1-19(2)12-7-13-20-16-10-5-3-8-14(16)18(21)15-9-4-6-11-17(15)20/h3-6,8-11H,7,12-13H2,1-2H3. The van der Waals surface area contributed by atoms with Gasteiger partial charge in [-0.2, -0.15) is 0 Å². The Labute approximate surface area is 124 Å². The molecule has 1 heterocycles. The van der Waals surface area contributed by atoms with Gasteiger partial charge < -0.3 is 9.47 Å². The van der Waals surface area contributed by atoms with Gasteiger partial charge in [-0.05, 0) is 51.3 Å². The fraction of sp³-hybridized carbons (Fsp3) is 0.278. The maximum Gasteiger partial charge on any atom is 0.197 e. The van der Waals surface area contributed by atoms with E-state index in [1.165, 1.54) is 0 Å². The summed E-state index contributed by atoms with van der Waals surface area (Å²) in [4.78, 5) is 14.8. The molecule has 0 radical (unpaired) electrons. The maximum absolute atomic E-state index is 12.6. The molecule has 0 fully saturated rings. The van der Waals surface area contributed by atoms with Gasteiger partial charge in [0.05, 0.1) is 11.0 Å². The molecule has 0 bridgehead atoms. The van der Waals surface area contributed by atoms with Crippen LogP contribution in [0.3, 0.4) is 0 Å². The van der Waals surface area contributed by atoms with E-state index in [1.807, 2.05) is 48.5 Å².